The van der Waals surface area contributed by atoms with Crippen molar-refractivity contribution in [1.29, 1.82) is 0 Å². The molecular weight excluding hydrogens is 513 g/mol. The van der Waals surface area contributed by atoms with Crippen LogP contribution in [0.2, 0.25) is 0 Å². The summed E-state index contributed by atoms with van der Waals surface area (Å²) < 4.78 is 21.5. The normalized spacial score (nSPS) is 26.9. The van der Waals surface area contributed by atoms with Crippen molar-refractivity contribution in [1.82, 2.24) is 20.2 Å². The summed E-state index contributed by atoms with van der Waals surface area (Å²) in [7, 11) is 0. The van der Waals surface area contributed by atoms with E-state index in [1.54, 1.807) is 6.07 Å². The molecule has 4 saturated heterocycles. The van der Waals surface area contributed by atoms with Gasteiger partial charge < -0.3 is 15.0 Å². The van der Waals surface area contributed by atoms with Crippen molar-refractivity contribution in [3.05, 3.63) is 58.7 Å². The van der Waals surface area contributed by atoms with Crippen molar-refractivity contribution < 1.29 is 9.13 Å². The molecule has 0 radical (unpaired) electrons. The molecule has 6 heterocycles. The van der Waals surface area contributed by atoms with Gasteiger partial charge in [0.15, 0.2) is 0 Å². The average Bonchev–Trinajstić information content (AvgIpc) is 3.68. The molecule has 3 atom stereocenters. The molecule has 41 heavy (non-hydrogen) atoms. The molecule has 0 spiro atoms. The van der Waals surface area contributed by atoms with Crippen LogP contribution < -0.4 is 15.0 Å². The van der Waals surface area contributed by atoms with Gasteiger partial charge in [0.25, 0.3) is 0 Å². The van der Waals surface area contributed by atoms with E-state index in [-0.39, 0.29) is 11.4 Å². The molecule has 1 N–H and O–H groups in total. The van der Waals surface area contributed by atoms with E-state index < -0.39 is 0 Å². The van der Waals surface area contributed by atoms with Crippen molar-refractivity contribution in [2.75, 3.05) is 31.1 Å². The van der Waals surface area contributed by atoms with Gasteiger partial charge in [0, 0.05) is 35.6 Å². The van der Waals surface area contributed by atoms with E-state index in [0.29, 0.717) is 43.6 Å². The minimum atomic E-state index is -0.113. The molecule has 5 aliphatic rings. The van der Waals surface area contributed by atoms with E-state index in [2.05, 4.69) is 33.3 Å². The Morgan fingerprint density at radius 2 is 1.83 bits per heavy atom. The lowest BCUT2D eigenvalue weighted by atomic mass is 9.85. The highest BCUT2D eigenvalue weighted by molar-refractivity contribution is 5.97. The van der Waals surface area contributed by atoms with E-state index in [0.717, 1.165) is 53.5 Å². The van der Waals surface area contributed by atoms with Gasteiger partial charge in [0.1, 0.15) is 12.4 Å². The van der Waals surface area contributed by atoms with Gasteiger partial charge in [0.05, 0.1) is 23.5 Å². The van der Waals surface area contributed by atoms with Gasteiger partial charge in [-0.05, 0) is 106 Å². The number of halogens is 1. The summed E-state index contributed by atoms with van der Waals surface area (Å²) in [4.78, 5) is 15.4. The SMILES string of the molecule is CCc1c(F)ccc2cccc(N3CCc4c(nc(OCC56CCCN5CCC6)nc4C4C[C@H]5CC[C@@H](C4)N5)C3)c12. The Morgan fingerprint density at radius 3 is 2.61 bits per heavy atom. The summed E-state index contributed by atoms with van der Waals surface area (Å²) in [6.45, 7) is 6.71. The van der Waals surface area contributed by atoms with Crippen molar-refractivity contribution in [2.24, 2.45) is 0 Å². The van der Waals surface area contributed by atoms with Crippen molar-refractivity contribution in [2.45, 2.75) is 101 Å². The third-order valence-electron chi connectivity index (χ3n) is 11.0. The van der Waals surface area contributed by atoms with Gasteiger partial charge in [-0.2, -0.15) is 9.97 Å². The lowest BCUT2D eigenvalue weighted by Crippen LogP contribution is -2.43. The van der Waals surface area contributed by atoms with Gasteiger partial charge in [-0.1, -0.05) is 25.1 Å². The number of nitrogens with one attached hydrogen (secondary N) is 1. The summed E-state index contributed by atoms with van der Waals surface area (Å²) in [6.07, 6.45) is 11.4. The molecule has 7 heteroatoms. The topological polar surface area (TPSA) is 53.5 Å². The van der Waals surface area contributed by atoms with Crippen molar-refractivity contribution in [3.8, 4) is 6.01 Å². The number of fused-ring (bicyclic) bond motifs is 5. The molecule has 8 rings (SSSR count). The molecule has 0 amide bonds. The van der Waals surface area contributed by atoms with E-state index in [9.17, 15) is 4.39 Å². The average molecular weight is 556 g/mol. The second-order valence-corrected chi connectivity index (χ2v) is 13.3. The molecule has 4 fully saturated rings. The van der Waals surface area contributed by atoms with Crippen LogP contribution >= 0.6 is 0 Å². The van der Waals surface area contributed by atoms with Crippen LogP contribution in [0.3, 0.4) is 0 Å². The molecular formula is C34H42FN5O. The van der Waals surface area contributed by atoms with E-state index >= 15 is 0 Å². The number of aromatic nitrogens is 2. The second-order valence-electron chi connectivity index (χ2n) is 13.3. The number of aryl methyl sites for hydroxylation is 1. The first-order chi connectivity index (χ1) is 20.1. The Bertz CT molecular complexity index is 1450. The monoisotopic (exact) mass is 555 g/mol. The van der Waals surface area contributed by atoms with Gasteiger partial charge in [-0.3, -0.25) is 4.90 Å². The molecule has 6 nitrogen and oxygen atoms in total. The molecule has 1 aromatic heterocycles. The molecule has 0 saturated carbocycles. The molecule has 1 unspecified atom stereocenters. The number of rotatable bonds is 6. The van der Waals surface area contributed by atoms with E-state index in [4.69, 9.17) is 14.7 Å². The zero-order valence-electron chi connectivity index (χ0n) is 24.3. The predicted octanol–water partition coefficient (Wildman–Crippen LogP) is 5.90. The lowest BCUT2D eigenvalue weighted by molar-refractivity contribution is 0.107. The largest absolute Gasteiger partial charge is 0.461 e. The molecule has 3 aromatic rings. The first-order valence-electron chi connectivity index (χ1n) is 16.1. The summed E-state index contributed by atoms with van der Waals surface area (Å²) in [6, 6.07) is 11.7. The Balaban J connectivity index is 1.15. The summed E-state index contributed by atoms with van der Waals surface area (Å²) in [5.41, 5.74) is 5.76. The molecule has 0 aliphatic carbocycles. The number of hydrogen-bond acceptors (Lipinski definition) is 6. The smallest absolute Gasteiger partial charge is 0.316 e. The highest BCUT2D eigenvalue weighted by Gasteiger charge is 2.45. The predicted molar refractivity (Wildman–Crippen MR) is 160 cm³/mol. The minimum absolute atomic E-state index is 0.113. The number of benzene rings is 2. The van der Waals surface area contributed by atoms with Gasteiger partial charge >= 0.3 is 6.01 Å². The molecule has 5 aliphatic heterocycles. The van der Waals surface area contributed by atoms with E-state index in [1.807, 2.05) is 13.0 Å². The Kier molecular flexibility index (Phi) is 6.44. The van der Waals surface area contributed by atoms with Crippen LogP contribution in [-0.2, 0) is 19.4 Å². The van der Waals surface area contributed by atoms with Gasteiger partial charge in [-0.25, -0.2) is 4.39 Å². The Hall–Kier alpha value is -2.77. The van der Waals surface area contributed by atoms with Crippen molar-refractivity contribution >= 4 is 16.5 Å². The molecule has 2 bridgehead atoms. The standard InChI is InChI=1S/C34H42FN5O/c1-2-26-28(35)11-8-22-6-3-7-30(31(22)26)39-17-12-27-29(20-39)37-33(41-21-34-13-4-15-40(34)16-5-14-34)38-32(27)23-18-24-9-10-25(19-23)36-24/h3,6-8,11,23-25,36H,2,4-5,9-10,12-21H2,1H3/t23?,24-,25+. The van der Waals surface area contributed by atoms with Gasteiger partial charge in [-0.15, -0.1) is 0 Å². The highest BCUT2D eigenvalue weighted by Crippen LogP contribution is 2.42. The van der Waals surface area contributed by atoms with Crippen LogP contribution in [0.15, 0.2) is 30.3 Å². The molecule has 2 aromatic carbocycles. The number of ether oxygens (including phenoxy) is 1. The van der Waals surface area contributed by atoms with Crippen LogP contribution in [0, 0.1) is 5.82 Å². The first-order valence-corrected chi connectivity index (χ1v) is 16.1. The number of hydrogen-bond donors (Lipinski definition) is 1. The zero-order valence-corrected chi connectivity index (χ0v) is 24.3. The maximum Gasteiger partial charge on any atom is 0.316 e. The quantitative estimate of drug-likeness (QED) is 0.409. The fraction of sp³-hybridized carbons (Fsp3) is 0.588. The maximum atomic E-state index is 14.9. The van der Waals surface area contributed by atoms with Crippen LogP contribution in [0.4, 0.5) is 10.1 Å². The lowest BCUT2D eigenvalue weighted by Gasteiger charge is -2.35. The van der Waals surface area contributed by atoms with Crippen LogP contribution in [0.25, 0.3) is 10.8 Å². The van der Waals surface area contributed by atoms with Gasteiger partial charge in [0.2, 0.25) is 0 Å². The number of piperidine rings is 1. The fourth-order valence-corrected chi connectivity index (χ4v) is 9.00. The van der Waals surface area contributed by atoms with Crippen LogP contribution in [0.1, 0.15) is 86.7 Å². The number of nitrogens with zero attached hydrogens (tertiary/aromatic N) is 4. The fourth-order valence-electron chi connectivity index (χ4n) is 9.00. The Labute approximate surface area is 242 Å². The summed E-state index contributed by atoms with van der Waals surface area (Å²) in [5, 5.41) is 5.95. The third-order valence-corrected chi connectivity index (χ3v) is 11.0. The van der Waals surface area contributed by atoms with Crippen molar-refractivity contribution in [3.63, 3.8) is 0 Å². The highest BCUT2D eigenvalue weighted by atomic mass is 19.1. The minimum Gasteiger partial charge on any atom is -0.461 e. The maximum absolute atomic E-state index is 14.9. The first kappa shape index (κ1) is 25.9. The third kappa shape index (κ3) is 4.42. The second kappa shape index (κ2) is 10.2. The summed E-state index contributed by atoms with van der Waals surface area (Å²) >= 11 is 0. The zero-order chi connectivity index (χ0) is 27.6. The van der Waals surface area contributed by atoms with Crippen LogP contribution in [-0.4, -0.2) is 58.7 Å². The molecule has 216 valence electrons. The summed E-state index contributed by atoms with van der Waals surface area (Å²) in [5.74, 6) is 0.350. The Morgan fingerprint density at radius 1 is 1.02 bits per heavy atom. The number of anilines is 1. The van der Waals surface area contributed by atoms with Crippen LogP contribution in [0.5, 0.6) is 6.01 Å². The van der Waals surface area contributed by atoms with E-state index in [1.165, 1.54) is 62.9 Å².